The number of nitrogens with zero attached hydrogens (tertiary/aromatic N) is 3. The van der Waals surface area contributed by atoms with Crippen molar-refractivity contribution in [1.29, 1.82) is 0 Å². The van der Waals surface area contributed by atoms with Crippen molar-refractivity contribution in [2.24, 2.45) is 5.92 Å². The number of hydrogen-bond donors (Lipinski definition) is 2. The van der Waals surface area contributed by atoms with E-state index in [-0.39, 0.29) is 42.1 Å². The van der Waals surface area contributed by atoms with E-state index < -0.39 is 35.8 Å². The molecule has 0 aromatic heterocycles. The van der Waals surface area contributed by atoms with Gasteiger partial charge in [0.05, 0.1) is 29.4 Å². The van der Waals surface area contributed by atoms with Gasteiger partial charge < -0.3 is 20.4 Å². The molecule has 4 rings (SSSR count). The third-order valence-corrected chi connectivity index (χ3v) is 7.58. The van der Waals surface area contributed by atoms with Crippen molar-refractivity contribution in [3.05, 3.63) is 59.3 Å². The Kier molecular flexibility index (Phi) is 8.39. The third-order valence-electron chi connectivity index (χ3n) is 7.58. The van der Waals surface area contributed by atoms with Crippen LogP contribution < -0.4 is 10.6 Å². The van der Waals surface area contributed by atoms with E-state index in [1.165, 1.54) is 34.1 Å². The molecule has 0 saturated carbocycles. The Balaban J connectivity index is 1.70. The predicted molar refractivity (Wildman–Crippen MR) is 140 cm³/mol. The Morgan fingerprint density at radius 2 is 1.87 bits per heavy atom. The maximum Gasteiger partial charge on any atom is 0.416 e. The Labute approximate surface area is 226 Å². The SMILES string of the molecule is C=CCN1C(=O)N[C@H](c2ccccc2C(F)(F)F)C2=C1CN([C@H](CC(C)C)C(=O)NC1CCN(C)CC1)C2=O. The van der Waals surface area contributed by atoms with Crippen LogP contribution in [0.3, 0.4) is 0 Å². The van der Waals surface area contributed by atoms with E-state index in [4.69, 9.17) is 0 Å². The number of amides is 4. The fourth-order valence-electron chi connectivity index (χ4n) is 5.60. The van der Waals surface area contributed by atoms with Crippen molar-refractivity contribution >= 4 is 17.8 Å². The van der Waals surface area contributed by atoms with Gasteiger partial charge in [0.2, 0.25) is 5.91 Å². The minimum Gasteiger partial charge on any atom is -0.351 e. The van der Waals surface area contributed by atoms with Crippen molar-refractivity contribution in [3.63, 3.8) is 0 Å². The maximum atomic E-state index is 14.0. The Hall–Kier alpha value is -3.34. The van der Waals surface area contributed by atoms with Crippen LogP contribution in [0.1, 0.15) is 50.3 Å². The Morgan fingerprint density at radius 1 is 1.21 bits per heavy atom. The fourth-order valence-corrected chi connectivity index (χ4v) is 5.60. The summed E-state index contributed by atoms with van der Waals surface area (Å²) in [5.41, 5.74) is -0.791. The molecule has 2 N–H and O–H groups in total. The number of rotatable bonds is 8. The van der Waals surface area contributed by atoms with Crippen molar-refractivity contribution in [1.82, 2.24) is 25.3 Å². The van der Waals surface area contributed by atoms with E-state index in [9.17, 15) is 27.6 Å². The number of halogens is 3. The first-order chi connectivity index (χ1) is 18.4. The number of benzene rings is 1. The Bertz CT molecular complexity index is 1160. The zero-order valence-corrected chi connectivity index (χ0v) is 22.6. The summed E-state index contributed by atoms with van der Waals surface area (Å²) < 4.78 is 41.8. The van der Waals surface area contributed by atoms with Gasteiger partial charge in [-0.2, -0.15) is 13.2 Å². The molecule has 3 aliphatic heterocycles. The van der Waals surface area contributed by atoms with Gasteiger partial charge in [0.25, 0.3) is 5.91 Å². The fraction of sp³-hybridized carbons (Fsp3) is 0.536. The average Bonchev–Trinajstić information content (AvgIpc) is 3.21. The highest BCUT2D eigenvalue weighted by atomic mass is 19.4. The molecule has 0 spiro atoms. The normalized spacial score (nSPS) is 21.8. The molecule has 212 valence electrons. The summed E-state index contributed by atoms with van der Waals surface area (Å²) in [4.78, 5) is 45.6. The summed E-state index contributed by atoms with van der Waals surface area (Å²) in [6.07, 6.45) is -1.24. The lowest BCUT2D eigenvalue weighted by Crippen LogP contribution is -2.53. The predicted octanol–water partition coefficient (Wildman–Crippen LogP) is 3.68. The molecule has 8 nitrogen and oxygen atoms in total. The van der Waals surface area contributed by atoms with Crippen molar-refractivity contribution in [3.8, 4) is 0 Å². The zero-order valence-electron chi connectivity index (χ0n) is 22.6. The van der Waals surface area contributed by atoms with Crippen molar-refractivity contribution < 1.29 is 27.6 Å². The number of hydrogen-bond acceptors (Lipinski definition) is 4. The smallest absolute Gasteiger partial charge is 0.351 e. The highest BCUT2D eigenvalue weighted by Gasteiger charge is 2.49. The number of carbonyl (C=O) groups is 3. The van der Waals surface area contributed by atoms with E-state index in [0.717, 1.165) is 32.0 Å². The summed E-state index contributed by atoms with van der Waals surface area (Å²) in [6, 6.07) is 2.15. The van der Waals surface area contributed by atoms with Gasteiger partial charge in [-0.15, -0.1) is 6.58 Å². The second-order valence-electron chi connectivity index (χ2n) is 10.9. The number of nitrogens with one attached hydrogen (secondary N) is 2. The molecule has 1 fully saturated rings. The molecule has 0 radical (unpaired) electrons. The van der Waals surface area contributed by atoms with Gasteiger partial charge in [-0.1, -0.05) is 38.1 Å². The highest BCUT2D eigenvalue weighted by Crippen LogP contribution is 2.42. The van der Waals surface area contributed by atoms with Gasteiger partial charge in [0.15, 0.2) is 0 Å². The van der Waals surface area contributed by atoms with E-state index in [1.807, 2.05) is 20.9 Å². The lowest BCUT2D eigenvalue weighted by atomic mass is 9.91. The molecule has 1 aromatic rings. The van der Waals surface area contributed by atoms with Crippen LogP contribution in [0.4, 0.5) is 18.0 Å². The lowest BCUT2D eigenvalue weighted by molar-refractivity contribution is -0.139. The minimum atomic E-state index is -4.68. The summed E-state index contributed by atoms with van der Waals surface area (Å²) in [5.74, 6) is -0.770. The zero-order chi connectivity index (χ0) is 28.5. The van der Waals surface area contributed by atoms with Crippen molar-refractivity contribution in [2.45, 2.75) is 57.4 Å². The molecule has 3 heterocycles. The van der Waals surface area contributed by atoms with Gasteiger partial charge in [-0.3, -0.25) is 14.5 Å². The second kappa shape index (κ2) is 11.4. The van der Waals surface area contributed by atoms with Gasteiger partial charge >= 0.3 is 12.2 Å². The molecule has 0 bridgehead atoms. The molecular formula is C28H36F3N5O3. The average molecular weight is 548 g/mol. The van der Waals surface area contributed by atoms with Crippen LogP contribution in [0.25, 0.3) is 0 Å². The van der Waals surface area contributed by atoms with Crippen LogP contribution in [0.15, 0.2) is 48.2 Å². The van der Waals surface area contributed by atoms with Crippen LogP contribution in [0.2, 0.25) is 0 Å². The maximum absolute atomic E-state index is 14.0. The summed E-state index contributed by atoms with van der Waals surface area (Å²) in [7, 11) is 2.02. The number of piperidine rings is 1. The van der Waals surface area contributed by atoms with Gasteiger partial charge in [-0.25, -0.2) is 4.79 Å². The monoisotopic (exact) mass is 547 g/mol. The minimum absolute atomic E-state index is 0.0180. The van der Waals surface area contributed by atoms with Gasteiger partial charge in [-0.05, 0) is 56.9 Å². The van der Waals surface area contributed by atoms with Crippen LogP contribution in [-0.4, -0.2) is 77.9 Å². The number of likely N-dealkylation sites (tertiary alicyclic amines) is 1. The molecule has 39 heavy (non-hydrogen) atoms. The first-order valence-electron chi connectivity index (χ1n) is 13.3. The number of urea groups is 1. The molecule has 11 heteroatoms. The Morgan fingerprint density at radius 3 is 2.49 bits per heavy atom. The van der Waals surface area contributed by atoms with Crippen LogP contribution in [0.5, 0.6) is 0 Å². The van der Waals surface area contributed by atoms with E-state index >= 15 is 0 Å². The topological polar surface area (TPSA) is 85.0 Å². The molecule has 4 amide bonds. The largest absolute Gasteiger partial charge is 0.416 e. The van der Waals surface area contributed by atoms with Crippen LogP contribution >= 0.6 is 0 Å². The van der Waals surface area contributed by atoms with E-state index in [2.05, 4.69) is 22.1 Å². The van der Waals surface area contributed by atoms with Crippen LogP contribution in [-0.2, 0) is 15.8 Å². The number of carbonyl (C=O) groups excluding carboxylic acids is 3. The molecule has 3 aliphatic rings. The summed E-state index contributed by atoms with van der Waals surface area (Å²) in [6.45, 7) is 9.28. The second-order valence-corrected chi connectivity index (χ2v) is 10.9. The highest BCUT2D eigenvalue weighted by molar-refractivity contribution is 6.03. The van der Waals surface area contributed by atoms with Crippen LogP contribution in [0, 0.1) is 5.92 Å². The quantitative estimate of drug-likeness (QED) is 0.487. The molecule has 0 aliphatic carbocycles. The van der Waals surface area contributed by atoms with Gasteiger partial charge in [0, 0.05) is 12.6 Å². The summed E-state index contributed by atoms with van der Waals surface area (Å²) >= 11 is 0. The molecule has 1 aromatic carbocycles. The molecular weight excluding hydrogens is 511 g/mol. The molecule has 2 atom stereocenters. The lowest BCUT2D eigenvalue weighted by Gasteiger charge is -2.34. The molecule has 0 unspecified atom stereocenters. The first-order valence-corrected chi connectivity index (χ1v) is 13.3. The standard InChI is InChI=1S/C28H36F3N5O3/c1-5-12-35-22-16-36(21(15-17(2)3)25(37)32-18-10-13-34(4)14-11-18)26(38)23(22)24(33-27(35)39)19-8-6-7-9-20(19)28(29,30)31/h5-9,17-18,21,24H,1,10-16H2,2-4H3,(H,32,37)(H,33,39)/t21-,24-/m1/s1. The van der Waals surface area contributed by atoms with Gasteiger partial charge in [0.1, 0.15) is 6.04 Å². The molecule has 1 saturated heterocycles. The first kappa shape index (κ1) is 28.7. The third kappa shape index (κ3) is 5.98. The summed E-state index contributed by atoms with van der Waals surface area (Å²) in [5, 5.41) is 5.71. The van der Waals surface area contributed by atoms with E-state index in [1.54, 1.807) is 0 Å². The number of alkyl halides is 3. The van der Waals surface area contributed by atoms with Crippen molar-refractivity contribution in [2.75, 3.05) is 33.2 Å². The van der Waals surface area contributed by atoms with E-state index in [0.29, 0.717) is 12.1 Å².